The maximum absolute atomic E-state index is 13.2. The summed E-state index contributed by atoms with van der Waals surface area (Å²) in [6.07, 6.45) is 1.07. The van der Waals surface area contributed by atoms with Crippen molar-refractivity contribution >= 4 is 33.2 Å². The van der Waals surface area contributed by atoms with E-state index in [4.69, 9.17) is 16.3 Å². The van der Waals surface area contributed by atoms with Gasteiger partial charge in [0.2, 0.25) is 15.9 Å². The zero-order valence-electron chi connectivity index (χ0n) is 17.6. The Balaban J connectivity index is 1.50. The third-order valence-corrected chi connectivity index (χ3v) is 7.49. The maximum Gasteiger partial charge on any atom is 0.243 e. The number of carbonyl (C=O) groups is 1. The highest BCUT2D eigenvalue weighted by molar-refractivity contribution is 7.89. The second kappa shape index (κ2) is 9.91. The molecular weight excluding hydrogens is 467 g/mol. The molecule has 0 unspecified atom stereocenters. The zero-order chi connectivity index (χ0) is 23.4. The van der Waals surface area contributed by atoms with Gasteiger partial charge in [0, 0.05) is 18.1 Å². The van der Waals surface area contributed by atoms with Crippen molar-refractivity contribution in [3.05, 3.63) is 83.6 Å². The molecule has 1 N–H and O–H groups in total. The summed E-state index contributed by atoms with van der Waals surface area (Å²) in [6.45, 7) is 0.323. The van der Waals surface area contributed by atoms with Crippen LogP contribution in [0.2, 0.25) is 5.02 Å². The van der Waals surface area contributed by atoms with Crippen LogP contribution in [0.15, 0.2) is 77.7 Å². The molecule has 1 heterocycles. The number of rotatable bonds is 6. The van der Waals surface area contributed by atoms with Gasteiger partial charge in [0.1, 0.15) is 11.6 Å². The molecule has 1 fully saturated rings. The summed E-state index contributed by atoms with van der Waals surface area (Å²) in [5.41, 5.74) is 0.398. The lowest BCUT2D eigenvalue weighted by Crippen LogP contribution is -2.43. The van der Waals surface area contributed by atoms with Gasteiger partial charge in [-0.3, -0.25) is 4.79 Å². The van der Waals surface area contributed by atoms with E-state index in [0.29, 0.717) is 41.6 Å². The second-order valence-corrected chi connectivity index (χ2v) is 10.1. The zero-order valence-corrected chi connectivity index (χ0v) is 19.2. The van der Waals surface area contributed by atoms with Gasteiger partial charge in [-0.2, -0.15) is 4.31 Å². The van der Waals surface area contributed by atoms with Gasteiger partial charge in [-0.15, -0.1) is 0 Å². The van der Waals surface area contributed by atoms with E-state index in [1.54, 1.807) is 30.3 Å². The monoisotopic (exact) mass is 488 g/mol. The lowest BCUT2D eigenvalue weighted by molar-refractivity contribution is -0.120. The number of piperidine rings is 1. The molecule has 1 aliphatic rings. The molecule has 3 aromatic carbocycles. The normalized spacial score (nSPS) is 16.8. The van der Waals surface area contributed by atoms with Gasteiger partial charge < -0.3 is 10.1 Å². The predicted octanol–water partition coefficient (Wildman–Crippen LogP) is 5.31. The number of benzene rings is 3. The predicted molar refractivity (Wildman–Crippen MR) is 124 cm³/mol. The van der Waals surface area contributed by atoms with Gasteiger partial charge in [-0.25, -0.2) is 12.8 Å². The standard InChI is InChI=1S/C24H22ClFN2O4S/c25-18-8-13-23(32-20-6-2-1-3-7-20)22(15-18)27-24(29)17-5-4-14-28(16-17)33(30,31)21-11-9-19(26)10-12-21/h1-3,6-13,15,17H,4-5,14,16H2,(H,27,29)/t17-/m0/s1. The Hall–Kier alpha value is -2.94. The van der Waals surface area contributed by atoms with Crippen molar-refractivity contribution in [2.45, 2.75) is 17.7 Å². The van der Waals surface area contributed by atoms with Gasteiger partial charge in [0.25, 0.3) is 0 Å². The first-order chi connectivity index (χ1) is 15.8. The van der Waals surface area contributed by atoms with Crippen LogP contribution in [0.4, 0.5) is 10.1 Å². The average molecular weight is 489 g/mol. The third kappa shape index (κ3) is 5.52. The number of hydrogen-bond acceptors (Lipinski definition) is 4. The number of ether oxygens (including phenoxy) is 1. The Morgan fingerprint density at radius 1 is 1.06 bits per heavy atom. The Kier molecular flexibility index (Phi) is 6.97. The number of carbonyl (C=O) groups excluding carboxylic acids is 1. The smallest absolute Gasteiger partial charge is 0.243 e. The van der Waals surface area contributed by atoms with Gasteiger partial charge in [-0.1, -0.05) is 29.8 Å². The molecule has 0 bridgehead atoms. The molecule has 1 saturated heterocycles. The fourth-order valence-electron chi connectivity index (χ4n) is 3.67. The molecule has 3 aromatic rings. The molecule has 1 atom stereocenters. The lowest BCUT2D eigenvalue weighted by atomic mass is 9.98. The molecular formula is C24H22ClFN2O4S. The summed E-state index contributed by atoms with van der Waals surface area (Å²) in [4.78, 5) is 13.1. The molecule has 9 heteroatoms. The average Bonchev–Trinajstić information content (AvgIpc) is 2.82. The van der Waals surface area contributed by atoms with Crippen LogP contribution in [0.1, 0.15) is 12.8 Å². The minimum atomic E-state index is -3.83. The van der Waals surface area contributed by atoms with Crippen LogP contribution < -0.4 is 10.1 Å². The molecule has 0 saturated carbocycles. The third-order valence-electron chi connectivity index (χ3n) is 5.38. The minimum absolute atomic E-state index is 0.00153. The number of halogens is 2. The first kappa shape index (κ1) is 23.2. The Labute approximate surface area is 197 Å². The first-order valence-corrected chi connectivity index (χ1v) is 12.2. The molecule has 0 spiro atoms. The Morgan fingerprint density at radius 3 is 2.52 bits per heavy atom. The van der Waals surface area contributed by atoms with Crippen LogP contribution >= 0.6 is 11.6 Å². The molecule has 0 aliphatic carbocycles. The van der Waals surface area contributed by atoms with E-state index in [2.05, 4.69) is 5.32 Å². The Bertz CT molecular complexity index is 1240. The second-order valence-electron chi connectivity index (χ2n) is 7.70. The van der Waals surface area contributed by atoms with Crippen LogP contribution in [-0.2, 0) is 14.8 Å². The molecule has 33 heavy (non-hydrogen) atoms. The summed E-state index contributed by atoms with van der Waals surface area (Å²) in [5.74, 6) is -0.373. The van der Waals surface area contributed by atoms with Crippen molar-refractivity contribution < 1.29 is 22.3 Å². The highest BCUT2D eigenvalue weighted by atomic mass is 35.5. The fourth-order valence-corrected chi connectivity index (χ4v) is 5.37. The van der Waals surface area contributed by atoms with Crippen molar-refractivity contribution in [3.8, 4) is 11.5 Å². The highest BCUT2D eigenvalue weighted by Gasteiger charge is 2.33. The van der Waals surface area contributed by atoms with Gasteiger partial charge in [-0.05, 0) is 67.4 Å². The van der Waals surface area contributed by atoms with Crippen molar-refractivity contribution in [1.29, 1.82) is 0 Å². The highest BCUT2D eigenvalue weighted by Crippen LogP contribution is 2.33. The maximum atomic E-state index is 13.2. The lowest BCUT2D eigenvalue weighted by Gasteiger charge is -2.31. The van der Waals surface area contributed by atoms with E-state index < -0.39 is 21.8 Å². The van der Waals surface area contributed by atoms with Crippen LogP contribution in [0.5, 0.6) is 11.5 Å². The van der Waals surface area contributed by atoms with E-state index in [1.165, 1.54) is 16.4 Å². The van der Waals surface area contributed by atoms with Crippen LogP contribution in [-0.4, -0.2) is 31.7 Å². The van der Waals surface area contributed by atoms with Crippen molar-refractivity contribution in [2.75, 3.05) is 18.4 Å². The number of sulfonamides is 1. The number of anilines is 1. The quantitative estimate of drug-likeness (QED) is 0.510. The molecule has 6 nitrogen and oxygen atoms in total. The Morgan fingerprint density at radius 2 is 1.79 bits per heavy atom. The van der Waals surface area contributed by atoms with Crippen molar-refractivity contribution in [1.82, 2.24) is 4.31 Å². The van der Waals surface area contributed by atoms with Crippen LogP contribution in [0.25, 0.3) is 0 Å². The van der Waals surface area contributed by atoms with Gasteiger partial charge in [0.15, 0.2) is 5.75 Å². The summed E-state index contributed by atoms with van der Waals surface area (Å²) in [5, 5.41) is 3.27. The fraction of sp³-hybridized carbons (Fsp3) is 0.208. The number of nitrogens with zero attached hydrogens (tertiary/aromatic N) is 1. The summed E-state index contributed by atoms with van der Waals surface area (Å²) < 4.78 is 46.3. The molecule has 172 valence electrons. The molecule has 0 aromatic heterocycles. The van der Waals surface area contributed by atoms with Crippen molar-refractivity contribution in [2.24, 2.45) is 5.92 Å². The number of nitrogens with one attached hydrogen (secondary N) is 1. The number of hydrogen-bond donors (Lipinski definition) is 1. The van der Waals surface area contributed by atoms with Gasteiger partial charge >= 0.3 is 0 Å². The molecule has 1 aliphatic heterocycles. The van der Waals surface area contributed by atoms with E-state index >= 15 is 0 Å². The first-order valence-electron chi connectivity index (χ1n) is 10.4. The summed E-state index contributed by atoms with van der Waals surface area (Å²) in [7, 11) is -3.83. The number of amides is 1. The van der Waals surface area contributed by atoms with E-state index in [0.717, 1.165) is 12.1 Å². The van der Waals surface area contributed by atoms with Crippen LogP contribution in [0, 0.1) is 11.7 Å². The summed E-state index contributed by atoms with van der Waals surface area (Å²) in [6, 6.07) is 18.7. The molecule has 4 rings (SSSR count). The largest absolute Gasteiger partial charge is 0.455 e. The molecule has 0 radical (unpaired) electrons. The van der Waals surface area contributed by atoms with Crippen molar-refractivity contribution in [3.63, 3.8) is 0 Å². The van der Waals surface area contributed by atoms with E-state index in [9.17, 15) is 17.6 Å². The van der Waals surface area contributed by atoms with Gasteiger partial charge in [0.05, 0.1) is 16.5 Å². The minimum Gasteiger partial charge on any atom is -0.455 e. The molecule has 1 amide bonds. The number of para-hydroxylation sites is 1. The van der Waals surface area contributed by atoms with E-state index in [1.807, 2.05) is 18.2 Å². The SMILES string of the molecule is O=C(Nc1cc(Cl)ccc1Oc1ccccc1)[C@H]1CCCN(S(=O)(=O)c2ccc(F)cc2)C1. The van der Waals surface area contributed by atoms with Crippen LogP contribution in [0.3, 0.4) is 0 Å². The topological polar surface area (TPSA) is 75.7 Å². The van der Waals surface area contributed by atoms with E-state index in [-0.39, 0.29) is 17.3 Å². The summed E-state index contributed by atoms with van der Waals surface area (Å²) >= 11 is 6.13.